The minimum atomic E-state index is 0.0149. The molecule has 1 aromatic rings. The summed E-state index contributed by atoms with van der Waals surface area (Å²) in [5.74, 6) is 2.06. The third-order valence-electron chi connectivity index (χ3n) is 1.77. The van der Waals surface area contributed by atoms with E-state index in [0.29, 0.717) is 0 Å². The van der Waals surface area contributed by atoms with E-state index in [1.165, 1.54) is 11.3 Å². The average molecular weight is 308 g/mol. The molecule has 5 heteroatoms. The molecule has 0 radical (unpaired) electrons. The highest BCUT2D eigenvalue weighted by Crippen LogP contribution is 2.22. The second kappa shape index (κ2) is 6.55. The standard InChI is InChI=1S/C10H14BrNOS2/c1-3-14-6-7(2)12-10(13)9-8(11)4-5-15-9/h4-5,7H,3,6H2,1-2H3,(H,12,13). The van der Waals surface area contributed by atoms with Crippen molar-refractivity contribution in [2.75, 3.05) is 11.5 Å². The molecular weight excluding hydrogens is 294 g/mol. The lowest BCUT2D eigenvalue weighted by molar-refractivity contribution is 0.0947. The number of halogens is 1. The van der Waals surface area contributed by atoms with Gasteiger partial charge in [-0.25, -0.2) is 0 Å². The topological polar surface area (TPSA) is 29.1 Å². The van der Waals surface area contributed by atoms with Crippen LogP contribution in [0.15, 0.2) is 15.9 Å². The van der Waals surface area contributed by atoms with Gasteiger partial charge in [0.2, 0.25) is 0 Å². The van der Waals surface area contributed by atoms with Gasteiger partial charge in [-0.1, -0.05) is 6.92 Å². The third-order valence-corrected chi connectivity index (χ3v) is 4.75. The number of rotatable bonds is 5. The van der Waals surface area contributed by atoms with Crippen molar-refractivity contribution in [2.45, 2.75) is 19.9 Å². The van der Waals surface area contributed by atoms with E-state index < -0.39 is 0 Å². The van der Waals surface area contributed by atoms with Crippen LogP contribution in [0.3, 0.4) is 0 Å². The predicted molar refractivity (Wildman–Crippen MR) is 71.9 cm³/mol. The first kappa shape index (κ1) is 13.1. The monoisotopic (exact) mass is 307 g/mol. The van der Waals surface area contributed by atoms with E-state index in [1.54, 1.807) is 0 Å². The maximum atomic E-state index is 11.8. The second-order valence-electron chi connectivity index (χ2n) is 3.13. The van der Waals surface area contributed by atoms with E-state index >= 15 is 0 Å². The molecule has 0 aromatic carbocycles. The van der Waals surface area contributed by atoms with E-state index in [0.717, 1.165) is 20.9 Å². The Morgan fingerprint density at radius 3 is 3.00 bits per heavy atom. The van der Waals surface area contributed by atoms with Crippen molar-refractivity contribution in [2.24, 2.45) is 0 Å². The Hall–Kier alpha value is -0.000000000000000111. The molecule has 2 nitrogen and oxygen atoms in total. The van der Waals surface area contributed by atoms with Crippen LogP contribution in [-0.4, -0.2) is 23.5 Å². The van der Waals surface area contributed by atoms with Gasteiger partial charge in [-0.05, 0) is 40.1 Å². The molecular formula is C10H14BrNOS2. The first-order chi connectivity index (χ1) is 7.15. The summed E-state index contributed by atoms with van der Waals surface area (Å²) in [5, 5.41) is 4.89. The number of hydrogen-bond acceptors (Lipinski definition) is 3. The number of carbonyl (C=O) groups excluding carboxylic acids is 1. The van der Waals surface area contributed by atoms with Gasteiger partial charge in [-0.2, -0.15) is 11.8 Å². The van der Waals surface area contributed by atoms with Crippen molar-refractivity contribution >= 4 is 44.9 Å². The van der Waals surface area contributed by atoms with E-state index in [-0.39, 0.29) is 11.9 Å². The van der Waals surface area contributed by atoms with Crippen molar-refractivity contribution in [3.05, 3.63) is 20.8 Å². The van der Waals surface area contributed by atoms with Crippen LogP contribution < -0.4 is 5.32 Å². The van der Waals surface area contributed by atoms with Crippen LogP contribution in [-0.2, 0) is 0 Å². The number of nitrogens with one attached hydrogen (secondary N) is 1. The maximum absolute atomic E-state index is 11.8. The highest BCUT2D eigenvalue weighted by atomic mass is 79.9. The van der Waals surface area contributed by atoms with Gasteiger partial charge in [-0.3, -0.25) is 4.79 Å². The minimum absolute atomic E-state index is 0.0149. The summed E-state index contributed by atoms with van der Waals surface area (Å²) in [6, 6.07) is 2.11. The molecule has 1 aromatic heterocycles. The summed E-state index contributed by atoms with van der Waals surface area (Å²) in [6.45, 7) is 4.15. The van der Waals surface area contributed by atoms with Gasteiger partial charge in [0.1, 0.15) is 4.88 Å². The Kier molecular flexibility index (Phi) is 5.71. The van der Waals surface area contributed by atoms with Crippen molar-refractivity contribution in [1.82, 2.24) is 5.32 Å². The zero-order chi connectivity index (χ0) is 11.3. The van der Waals surface area contributed by atoms with Gasteiger partial charge in [0.15, 0.2) is 0 Å². The van der Waals surface area contributed by atoms with Gasteiger partial charge in [0, 0.05) is 16.3 Å². The van der Waals surface area contributed by atoms with E-state index in [9.17, 15) is 4.79 Å². The number of thiophene rings is 1. The zero-order valence-electron chi connectivity index (χ0n) is 8.75. The van der Waals surface area contributed by atoms with Crippen LogP contribution in [0, 0.1) is 0 Å². The molecule has 1 unspecified atom stereocenters. The summed E-state index contributed by atoms with van der Waals surface area (Å²) < 4.78 is 0.875. The number of amides is 1. The molecule has 0 saturated heterocycles. The van der Waals surface area contributed by atoms with Gasteiger partial charge in [0.05, 0.1) is 0 Å². The zero-order valence-corrected chi connectivity index (χ0v) is 12.0. The summed E-state index contributed by atoms with van der Waals surface area (Å²) in [6.07, 6.45) is 0. The van der Waals surface area contributed by atoms with Crippen LogP contribution in [0.5, 0.6) is 0 Å². The molecule has 1 amide bonds. The summed E-state index contributed by atoms with van der Waals surface area (Å²) >= 11 is 6.65. The molecule has 84 valence electrons. The van der Waals surface area contributed by atoms with Crippen LogP contribution in [0.1, 0.15) is 23.5 Å². The first-order valence-electron chi connectivity index (χ1n) is 4.76. The normalized spacial score (nSPS) is 12.5. The molecule has 0 bridgehead atoms. The molecule has 0 saturated carbocycles. The molecule has 1 N–H and O–H groups in total. The lowest BCUT2D eigenvalue weighted by Gasteiger charge is -2.12. The van der Waals surface area contributed by atoms with Crippen LogP contribution in [0.2, 0.25) is 0 Å². The van der Waals surface area contributed by atoms with Gasteiger partial charge >= 0.3 is 0 Å². The van der Waals surface area contributed by atoms with Crippen LogP contribution >= 0.6 is 39.0 Å². The highest BCUT2D eigenvalue weighted by molar-refractivity contribution is 9.10. The molecule has 0 aliphatic carbocycles. The van der Waals surface area contributed by atoms with Gasteiger partial charge < -0.3 is 5.32 Å². The fourth-order valence-electron chi connectivity index (χ4n) is 1.08. The second-order valence-corrected chi connectivity index (χ2v) is 6.22. The Bertz CT molecular complexity index is 327. The van der Waals surface area contributed by atoms with Gasteiger partial charge in [0.25, 0.3) is 5.91 Å². The summed E-state index contributed by atoms with van der Waals surface area (Å²) in [7, 11) is 0. The van der Waals surface area contributed by atoms with Gasteiger partial charge in [-0.15, -0.1) is 11.3 Å². The molecule has 1 atom stereocenters. The number of thioether (sulfide) groups is 1. The summed E-state index contributed by atoms with van der Waals surface area (Å²) in [4.78, 5) is 12.5. The molecule has 0 aliphatic heterocycles. The van der Waals surface area contributed by atoms with Crippen molar-refractivity contribution < 1.29 is 4.79 Å². The highest BCUT2D eigenvalue weighted by Gasteiger charge is 2.13. The Labute approximate surface area is 107 Å². The fourth-order valence-corrected chi connectivity index (χ4v) is 3.21. The predicted octanol–water partition coefficient (Wildman–Crippen LogP) is 3.38. The molecule has 1 rings (SSSR count). The van der Waals surface area contributed by atoms with E-state index in [2.05, 4.69) is 28.2 Å². The molecule has 15 heavy (non-hydrogen) atoms. The quantitative estimate of drug-likeness (QED) is 0.903. The molecule has 0 aliphatic rings. The lowest BCUT2D eigenvalue weighted by Crippen LogP contribution is -2.33. The minimum Gasteiger partial charge on any atom is -0.348 e. The number of hydrogen-bond donors (Lipinski definition) is 1. The molecule has 0 fully saturated rings. The Morgan fingerprint density at radius 2 is 2.47 bits per heavy atom. The van der Waals surface area contributed by atoms with Crippen molar-refractivity contribution in [3.63, 3.8) is 0 Å². The largest absolute Gasteiger partial charge is 0.348 e. The Balaban J connectivity index is 2.46. The maximum Gasteiger partial charge on any atom is 0.262 e. The molecule has 1 heterocycles. The fraction of sp³-hybridized carbons (Fsp3) is 0.500. The first-order valence-corrected chi connectivity index (χ1v) is 7.59. The molecule has 0 spiro atoms. The smallest absolute Gasteiger partial charge is 0.262 e. The third kappa shape index (κ3) is 4.17. The Morgan fingerprint density at radius 1 is 1.73 bits per heavy atom. The van der Waals surface area contributed by atoms with Crippen molar-refractivity contribution in [3.8, 4) is 0 Å². The summed E-state index contributed by atoms with van der Waals surface area (Å²) in [5.41, 5.74) is 0. The van der Waals surface area contributed by atoms with Crippen molar-refractivity contribution in [1.29, 1.82) is 0 Å². The number of carbonyl (C=O) groups is 1. The lowest BCUT2D eigenvalue weighted by atomic mass is 10.3. The van der Waals surface area contributed by atoms with Crippen LogP contribution in [0.4, 0.5) is 0 Å². The SMILES string of the molecule is CCSCC(C)NC(=O)c1sccc1Br. The van der Waals surface area contributed by atoms with E-state index in [4.69, 9.17) is 0 Å². The van der Waals surface area contributed by atoms with Crippen LogP contribution in [0.25, 0.3) is 0 Å². The average Bonchev–Trinajstić information content (AvgIpc) is 2.61. The van der Waals surface area contributed by atoms with E-state index in [1.807, 2.05) is 30.1 Å².